The molecule has 7 nitrogen and oxygen atoms in total. The first-order valence-corrected chi connectivity index (χ1v) is 6.36. The summed E-state index contributed by atoms with van der Waals surface area (Å²) in [5, 5.41) is 13.0. The van der Waals surface area contributed by atoms with Crippen LogP contribution in [0, 0.1) is 11.8 Å². The zero-order valence-corrected chi connectivity index (χ0v) is 11.0. The van der Waals surface area contributed by atoms with Crippen LogP contribution in [0.3, 0.4) is 0 Å². The summed E-state index contributed by atoms with van der Waals surface area (Å²) in [5.74, 6) is -0.760. The highest BCUT2D eigenvalue weighted by Crippen LogP contribution is 2.30. The van der Waals surface area contributed by atoms with Gasteiger partial charge in [-0.2, -0.15) is 0 Å². The van der Waals surface area contributed by atoms with Crippen molar-refractivity contribution in [3.8, 4) is 0 Å². The molecule has 1 aliphatic rings. The van der Waals surface area contributed by atoms with Crippen molar-refractivity contribution in [2.24, 2.45) is 11.8 Å². The monoisotopic (exact) mass is 272 g/mol. The lowest BCUT2D eigenvalue weighted by Gasteiger charge is -2.15. The lowest BCUT2D eigenvalue weighted by molar-refractivity contribution is -0.143. The molecule has 3 amide bonds. The fourth-order valence-corrected chi connectivity index (χ4v) is 2.19. The van der Waals surface area contributed by atoms with Crippen LogP contribution in [0.5, 0.6) is 0 Å². The second-order valence-corrected chi connectivity index (χ2v) is 4.81. The first kappa shape index (κ1) is 15.4. The Hall–Kier alpha value is -1.63. The quantitative estimate of drug-likeness (QED) is 0.647. The highest BCUT2D eigenvalue weighted by Gasteiger charge is 2.23. The molecule has 1 saturated carbocycles. The van der Waals surface area contributed by atoms with E-state index in [1.54, 1.807) is 0 Å². The predicted molar refractivity (Wildman–Crippen MR) is 66.5 cm³/mol. The van der Waals surface area contributed by atoms with Gasteiger partial charge in [-0.1, -0.05) is 19.8 Å². The third-order valence-electron chi connectivity index (χ3n) is 3.28. The molecule has 0 aromatic heterocycles. The van der Waals surface area contributed by atoms with Gasteiger partial charge in [-0.15, -0.1) is 0 Å². The second-order valence-electron chi connectivity index (χ2n) is 4.81. The molecule has 1 rings (SSSR count). The van der Waals surface area contributed by atoms with E-state index in [1.807, 2.05) is 0 Å². The van der Waals surface area contributed by atoms with Crippen molar-refractivity contribution in [1.29, 1.82) is 0 Å². The molecule has 0 bridgehead atoms. The average molecular weight is 272 g/mol. The molecule has 0 aliphatic heterocycles. The summed E-state index contributed by atoms with van der Waals surface area (Å²) in [4.78, 5) is 32.8. The molecule has 19 heavy (non-hydrogen) atoms. The maximum atomic E-state index is 11.4. The van der Waals surface area contributed by atoms with Gasteiger partial charge in [0.05, 0.1) is 0 Å². The van der Waals surface area contributed by atoms with Gasteiger partial charge in [-0.05, 0) is 18.3 Å². The average Bonchev–Trinajstić information content (AvgIpc) is 2.71. The lowest BCUT2D eigenvalue weighted by atomic mass is 9.98. The number of hydrogen-bond acceptors (Lipinski definition) is 4. The zero-order valence-electron chi connectivity index (χ0n) is 11.0. The van der Waals surface area contributed by atoms with Gasteiger partial charge in [0.25, 0.3) is 5.91 Å². The van der Waals surface area contributed by atoms with Crippen LogP contribution in [0.2, 0.25) is 0 Å². The van der Waals surface area contributed by atoms with Crippen LogP contribution in [-0.2, 0) is 14.3 Å². The first-order valence-electron chi connectivity index (χ1n) is 6.36. The van der Waals surface area contributed by atoms with Crippen LogP contribution in [0.25, 0.3) is 0 Å². The Labute approximate surface area is 111 Å². The van der Waals surface area contributed by atoms with Gasteiger partial charge in [0.15, 0.2) is 0 Å². The van der Waals surface area contributed by atoms with E-state index in [1.165, 1.54) is 12.8 Å². The standard InChI is InChI=1S/C12H20N2O5/c1-8-3-2-4-9(8)5-13-12(18)14-10(15)6-19-7-11(16)17/h8-9H,2-7H2,1H3,(H,16,17)(H2,13,14,15,18). The third-order valence-corrected chi connectivity index (χ3v) is 3.28. The van der Waals surface area contributed by atoms with Crippen molar-refractivity contribution >= 4 is 17.9 Å². The van der Waals surface area contributed by atoms with Crippen molar-refractivity contribution in [3.63, 3.8) is 0 Å². The summed E-state index contributed by atoms with van der Waals surface area (Å²) in [5.41, 5.74) is 0. The van der Waals surface area contributed by atoms with Gasteiger partial charge >= 0.3 is 12.0 Å². The molecule has 2 atom stereocenters. The van der Waals surface area contributed by atoms with Crippen LogP contribution in [0.1, 0.15) is 26.2 Å². The van der Waals surface area contributed by atoms with Crippen LogP contribution in [0.15, 0.2) is 0 Å². The van der Waals surface area contributed by atoms with Gasteiger partial charge in [0.1, 0.15) is 13.2 Å². The number of imide groups is 1. The van der Waals surface area contributed by atoms with Gasteiger partial charge in [0.2, 0.25) is 0 Å². The molecule has 108 valence electrons. The second kappa shape index (κ2) is 7.73. The molecule has 0 saturated heterocycles. The Kier molecular flexibility index (Phi) is 6.27. The molecule has 7 heteroatoms. The molecule has 0 aromatic carbocycles. The number of carbonyl (C=O) groups is 3. The van der Waals surface area contributed by atoms with E-state index in [2.05, 4.69) is 22.3 Å². The minimum absolute atomic E-state index is 0.445. The number of carboxylic acids is 1. The van der Waals surface area contributed by atoms with E-state index >= 15 is 0 Å². The van der Waals surface area contributed by atoms with Crippen molar-refractivity contribution in [2.45, 2.75) is 26.2 Å². The number of aliphatic carboxylic acids is 1. The number of nitrogens with one attached hydrogen (secondary N) is 2. The number of hydrogen-bond donors (Lipinski definition) is 3. The Morgan fingerprint density at radius 3 is 2.58 bits per heavy atom. The van der Waals surface area contributed by atoms with Gasteiger partial charge < -0.3 is 15.2 Å². The van der Waals surface area contributed by atoms with Crippen molar-refractivity contribution in [3.05, 3.63) is 0 Å². The number of amides is 3. The minimum Gasteiger partial charge on any atom is -0.480 e. The Morgan fingerprint density at radius 1 is 1.26 bits per heavy atom. The van der Waals surface area contributed by atoms with Crippen LogP contribution in [-0.4, -0.2) is 42.8 Å². The summed E-state index contributed by atoms with van der Waals surface area (Å²) in [7, 11) is 0. The highest BCUT2D eigenvalue weighted by atomic mass is 16.5. The first-order chi connectivity index (χ1) is 8.99. The number of carbonyl (C=O) groups excluding carboxylic acids is 2. The Balaban J connectivity index is 2.12. The van der Waals surface area contributed by atoms with E-state index in [4.69, 9.17) is 5.11 Å². The number of rotatable bonds is 6. The lowest BCUT2D eigenvalue weighted by Crippen LogP contribution is -2.43. The Morgan fingerprint density at radius 2 is 2.00 bits per heavy atom. The minimum atomic E-state index is -1.16. The molecule has 1 fully saturated rings. The van der Waals surface area contributed by atoms with Crippen LogP contribution >= 0.6 is 0 Å². The summed E-state index contributed by atoms with van der Waals surface area (Å²) < 4.78 is 4.56. The molecular weight excluding hydrogens is 252 g/mol. The maximum Gasteiger partial charge on any atom is 0.329 e. The molecule has 0 heterocycles. The largest absolute Gasteiger partial charge is 0.480 e. The van der Waals surface area contributed by atoms with E-state index in [9.17, 15) is 14.4 Å². The molecule has 2 unspecified atom stereocenters. The van der Waals surface area contributed by atoms with Gasteiger partial charge in [0, 0.05) is 6.54 Å². The van der Waals surface area contributed by atoms with Crippen LogP contribution < -0.4 is 10.6 Å². The normalized spacial score (nSPS) is 21.9. The van der Waals surface area contributed by atoms with E-state index in [-0.39, 0.29) is 0 Å². The summed E-state index contributed by atoms with van der Waals surface area (Å²) in [6.45, 7) is 1.70. The van der Waals surface area contributed by atoms with Crippen molar-refractivity contribution < 1.29 is 24.2 Å². The molecular formula is C12H20N2O5. The fraction of sp³-hybridized carbons (Fsp3) is 0.750. The van der Waals surface area contributed by atoms with Crippen molar-refractivity contribution in [1.82, 2.24) is 10.6 Å². The predicted octanol–water partition coefficient (Wildman–Crippen LogP) is 0.350. The molecule has 3 N–H and O–H groups in total. The number of ether oxygens (including phenoxy) is 1. The van der Waals surface area contributed by atoms with Gasteiger partial charge in [-0.25, -0.2) is 9.59 Å². The number of urea groups is 1. The molecule has 1 aliphatic carbocycles. The van der Waals surface area contributed by atoms with Gasteiger partial charge in [-0.3, -0.25) is 10.1 Å². The fourth-order valence-electron chi connectivity index (χ4n) is 2.19. The molecule has 0 aromatic rings. The maximum absolute atomic E-state index is 11.4. The number of carboxylic acid groups (broad SMARTS) is 1. The smallest absolute Gasteiger partial charge is 0.329 e. The zero-order chi connectivity index (χ0) is 14.3. The van der Waals surface area contributed by atoms with Crippen molar-refractivity contribution in [2.75, 3.05) is 19.8 Å². The summed E-state index contributed by atoms with van der Waals surface area (Å²) >= 11 is 0. The summed E-state index contributed by atoms with van der Waals surface area (Å²) in [6.07, 6.45) is 3.45. The Bertz CT molecular complexity index is 345. The van der Waals surface area contributed by atoms with Crippen LogP contribution in [0.4, 0.5) is 4.79 Å². The summed E-state index contributed by atoms with van der Waals surface area (Å²) in [6, 6.07) is -0.567. The molecule has 0 radical (unpaired) electrons. The molecule has 0 spiro atoms. The van der Waals surface area contributed by atoms with E-state index in [0.717, 1.165) is 6.42 Å². The third kappa shape index (κ3) is 6.19. The van der Waals surface area contributed by atoms with E-state index in [0.29, 0.717) is 18.4 Å². The highest BCUT2D eigenvalue weighted by molar-refractivity contribution is 5.94. The van der Waals surface area contributed by atoms with E-state index < -0.39 is 31.1 Å². The topological polar surface area (TPSA) is 105 Å². The SMILES string of the molecule is CC1CCCC1CNC(=O)NC(=O)COCC(=O)O.